The largest absolute Gasteiger partial charge is 0.508 e. The summed E-state index contributed by atoms with van der Waals surface area (Å²) in [6, 6.07) is 15.3. The number of nitrogens with one attached hydrogen (secondary N) is 1. The van der Waals surface area contributed by atoms with E-state index in [2.05, 4.69) is 47.2 Å². The highest BCUT2D eigenvalue weighted by atomic mass is 79.9. The molecule has 0 saturated heterocycles. The molecule has 1 amide bonds. The molecule has 122 valence electrons. The fourth-order valence-corrected chi connectivity index (χ4v) is 2.65. The molecule has 0 aliphatic rings. The van der Waals surface area contributed by atoms with Gasteiger partial charge in [-0.05, 0) is 35.7 Å². The Bertz CT molecular complexity index is 665. The molecule has 0 heterocycles. The van der Waals surface area contributed by atoms with E-state index in [4.69, 9.17) is 0 Å². The first kappa shape index (κ1) is 17.5. The third-order valence-corrected chi connectivity index (χ3v) is 4.49. The second kappa shape index (κ2) is 7.64. The van der Waals surface area contributed by atoms with E-state index in [1.54, 1.807) is 12.1 Å². The highest BCUT2D eigenvalue weighted by Gasteiger charge is 2.21. The van der Waals surface area contributed by atoms with Gasteiger partial charge >= 0.3 is 0 Å². The number of aryl methyl sites for hydroxylation is 1. The zero-order valence-electron chi connectivity index (χ0n) is 13.5. The molecular formula is C19H22BrNO2. The van der Waals surface area contributed by atoms with Gasteiger partial charge in [0.25, 0.3) is 0 Å². The molecule has 0 aliphatic carbocycles. The number of hydrogen-bond donors (Lipinski definition) is 2. The number of benzene rings is 2. The molecule has 0 aromatic heterocycles. The van der Waals surface area contributed by atoms with Gasteiger partial charge in [0, 0.05) is 22.9 Å². The van der Waals surface area contributed by atoms with Crippen molar-refractivity contribution in [2.24, 2.45) is 0 Å². The van der Waals surface area contributed by atoms with Crippen molar-refractivity contribution in [3.8, 4) is 5.75 Å². The summed E-state index contributed by atoms with van der Waals surface area (Å²) in [6.07, 6.45) is 0.908. The molecular weight excluding hydrogens is 354 g/mol. The summed E-state index contributed by atoms with van der Waals surface area (Å²) >= 11 is 3.43. The van der Waals surface area contributed by atoms with Crippen molar-refractivity contribution in [3.63, 3.8) is 0 Å². The Balaban J connectivity index is 1.86. The van der Waals surface area contributed by atoms with Crippen molar-refractivity contribution in [1.29, 1.82) is 0 Å². The Hall–Kier alpha value is -1.81. The van der Waals surface area contributed by atoms with Crippen molar-refractivity contribution in [1.82, 2.24) is 5.32 Å². The van der Waals surface area contributed by atoms with E-state index in [-0.39, 0.29) is 17.1 Å². The number of aromatic hydroxyl groups is 1. The second-order valence-electron chi connectivity index (χ2n) is 6.30. The molecule has 0 spiro atoms. The summed E-state index contributed by atoms with van der Waals surface area (Å²) in [5.74, 6) is 0.244. The van der Waals surface area contributed by atoms with E-state index in [1.807, 2.05) is 24.3 Å². The van der Waals surface area contributed by atoms with Crippen LogP contribution in [-0.2, 0) is 16.6 Å². The lowest BCUT2D eigenvalue weighted by Gasteiger charge is -2.25. The summed E-state index contributed by atoms with van der Waals surface area (Å²) in [5.41, 5.74) is 1.85. The van der Waals surface area contributed by atoms with Crippen LogP contribution in [0.1, 0.15) is 31.4 Å². The van der Waals surface area contributed by atoms with Crippen LogP contribution in [0.2, 0.25) is 0 Å². The molecule has 0 fully saturated rings. The molecule has 0 atom stereocenters. The quantitative estimate of drug-likeness (QED) is 0.795. The normalized spacial score (nSPS) is 11.3. The van der Waals surface area contributed by atoms with Crippen LogP contribution in [0.5, 0.6) is 5.75 Å². The van der Waals surface area contributed by atoms with E-state index in [0.29, 0.717) is 19.4 Å². The fourth-order valence-electron chi connectivity index (χ4n) is 2.38. The number of hydrogen-bond acceptors (Lipinski definition) is 2. The number of rotatable bonds is 6. The highest BCUT2D eigenvalue weighted by molar-refractivity contribution is 9.10. The Kier molecular flexibility index (Phi) is 5.83. The van der Waals surface area contributed by atoms with E-state index in [0.717, 1.165) is 10.0 Å². The third-order valence-electron chi connectivity index (χ3n) is 3.97. The standard InChI is InChI=1S/C19H22BrNO2/c1-19(2,15-8-10-16(20)11-9-15)13-21-18(23)12-7-14-5-3-4-6-17(14)22/h3-6,8-11,22H,7,12-13H2,1-2H3,(H,21,23). The minimum atomic E-state index is -0.134. The van der Waals surface area contributed by atoms with Gasteiger partial charge in [-0.1, -0.05) is 60.1 Å². The topological polar surface area (TPSA) is 49.3 Å². The molecule has 2 aromatic rings. The van der Waals surface area contributed by atoms with Gasteiger partial charge < -0.3 is 10.4 Å². The minimum Gasteiger partial charge on any atom is -0.508 e. The molecule has 0 aliphatic heterocycles. The van der Waals surface area contributed by atoms with Crippen LogP contribution < -0.4 is 5.32 Å². The molecule has 0 bridgehead atoms. The second-order valence-corrected chi connectivity index (χ2v) is 7.21. The number of phenols is 1. The predicted octanol–water partition coefficient (Wildman–Crippen LogP) is 4.18. The minimum absolute atomic E-state index is 0.00144. The zero-order chi connectivity index (χ0) is 16.9. The van der Waals surface area contributed by atoms with Crippen molar-refractivity contribution in [2.75, 3.05) is 6.54 Å². The van der Waals surface area contributed by atoms with Gasteiger partial charge in [-0.2, -0.15) is 0 Å². The van der Waals surface area contributed by atoms with Gasteiger partial charge in [0.1, 0.15) is 5.75 Å². The van der Waals surface area contributed by atoms with E-state index in [1.165, 1.54) is 5.56 Å². The Morgan fingerprint density at radius 1 is 1.13 bits per heavy atom. The van der Waals surface area contributed by atoms with Crippen molar-refractivity contribution in [2.45, 2.75) is 32.1 Å². The van der Waals surface area contributed by atoms with Gasteiger partial charge in [-0.15, -0.1) is 0 Å². The third kappa shape index (κ3) is 5.10. The Morgan fingerprint density at radius 2 is 1.78 bits per heavy atom. The zero-order valence-corrected chi connectivity index (χ0v) is 15.1. The van der Waals surface area contributed by atoms with Gasteiger partial charge in [0.2, 0.25) is 5.91 Å². The maximum absolute atomic E-state index is 12.1. The Morgan fingerprint density at radius 3 is 2.43 bits per heavy atom. The molecule has 2 N–H and O–H groups in total. The first-order chi connectivity index (χ1) is 10.9. The van der Waals surface area contributed by atoms with Gasteiger partial charge in [0.15, 0.2) is 0 Å². The molecule has 0 saturated carbocycles. The number of halogens is 1. The van der Waals surface area contributed by atoms with Crippen molar-refractivity contribution in [3.05, 3.63) is 64.1 Å². The van der Waals surface area contributed by atoms with Gasteiger partial charge in [-0.25, -0.2) is 0 Å². The summed E-state index contributed by atoms with van der Waals surface area (Å²) in [7, 11) is 0. The van der Waals surface area contributed by atoms with E-state index < -0.39 is 0 Å². The van der Waals surface area contributed by atoms with Gasteiger partial charge in [0.05, 0.1) is 0 Å². The van der Waals surface area contributed by atoms with Gasteiger partial charge in [-0.3, -0.25) is 4.79 Å². The summed E-state index contributed by atoms with van der Waals surface area (Å²) in [5, 5.41) is 12.7. The van der Waals surface area contributed by atoms with Crippen LogP contribution in [0.4, 0.5) is 0 Å². The van der Waals surface area contributed by atoms with E-state index >= 15 is 0 Å². The van der Waals surface area contributed by atoms with Crippen molar-refractivity contribution < 1.29 is 9.90 Å². The molecule has 0 unspecified atom stereocenters. The van der Waals surface area contributed by atoms with Crippen LogP contribution in [0.3, 0.4) is 0 Å². The molecule has 4 heteroatoms. The maximum atomic E-state index is 12.1. The van der Waals surface area contributed by atoms with Crippen LogP contribution in [0, 0.1) is 0 Å². The summed E-state index contributed by atoms with van der Waals surface area (Å²) in [6.45, 7) is 4.80. The number of para-hydroxylation sites is 1. The lowest BCUT2D eigenvalue weighted by atomic mass is 9.84. The summed E-state index contributed by atoms with van der Waals surface area (Å²) in [4.78, 5) is 12.1. The first-order valence-electron chi connectivity index (χ1n) is 7.68. The van der Waals surface area contributed by atoms with Crippen molar-refractivity contribution >= 4 is 21.8 Å². The number of carbonyl (C=O) groups is 1. The molecule has 2 rings (SSSR count). The average Bonchev–Trinajstić information content (AvgIpc) is 2.53. The lowest BCUT2D eigenvalue weighted by Crippen LogP contribution is -2.36. The SMILES string of the molecule is CC(C)(CNC(=O)CCc1ccccc1O)c1ccc(Br)cc1. The molecule has 3 nitrogen and oxygen atoms in total. The smallest absolute Gasteiger partial charge is 0.220 e. The Labute approximate surface area is 145 Å². The van der Waals surface area contributed by atoms with Crippen LogP contribution >= 0.6 is 15.9 Å². The van der Waals surface area contributed by atoms with E-state index in [9.17, 15) is 9.90 Å². The number of amides is 1. The number of carbonyl (C=O) groups excluding carboxylic acids is 1. The number of phenolic OH excluding ortho intramolecular Hbond substituents is 1. The monoisotopic (exact) mass is 375 g/mol. The average molecular weight is 376 g/mol. The van der Waals surface area contributed by atoms with Crippen LogP contribution in [0.25, 0.3) is 0 Å². The fraction of sp³-hybridized carbons (Fsp3) is 0.316. The lowest BCUT2D eigenvalue weighted by molar-refractivity contribution is -0.121. The maximum Gasteiger partial charge on any atom is 0.220 e. The first-order valence-corrected chi connectivity index (χ1v) is 8.47. The molecule has 0 radical (unpaired) electrons. The van der Waals surface area contributed by atoms with Crippen LogP contribution in [-0.4, -0.2) is 17.6 Å². The molecule has 2 aromatic carbocycles. The predicted molar refractivity (Wildman–Crippen MR) is 96.6 cm³/mol. The molecule has 23 heavy (non-hydrogen) atoms. The summed E-state index contributed by atoms with van der Waals surface area (Å²) < 4.78 is 1.05. The van der Waals surface area contributed by atoms with Crippen LogP contribution in [0.15, 0.2) is 53.0 Å². The highest BCUT2D eigenvalue weighted by Crippen LogP contribution is 2.24.